The van der Waals surface area contributed by atoms with Gasteiger partial charge >= 0.3 is 0 Å². The highest BCUT2D eigenvalue weighted by atomic mass is 15.0. The lowest BCUT2D eigenvalue weighted by atomic mass is 9.54. The first-order chi connectivity index (χ1) is 10.4. The molecule has 2 nitrogen and oxygen atoms in total. The highest BCUT2D eigenvalue weighted by Gasteiger charge is 2.48. The van der Waals surface area contributed by atoms with E-state index in [4.69, 9.17) is 4.99 Å². The molecule has 5 aliphatic rings. The Hall–Kier alpha value is -0.530. The average molecular weight is 288 g/mol. The fourth-order valence-electron chi connectivity index (χ4n) is 5.88. The molecule has 0 aromatic carbocycles. The first-order valence-electron chi connectivity index (χ1n) is 9.68. The van der Waals surface area contributed by atoms with Gasteiger partial charge in [0.05, 0.1) is 5.84 Å². The molecular weight excluding hydrogens is 256 g/mol. The van der Waals surface area contributed by atoms with Gasteiger partial charge in [-0.3, -0.25) is 4.99 Å². The van der Waals surface area contributed by atoms with Crippen LogP contribution in [-0.4, -0.2) is 18.4 Å². The number of aliphatic imine (C=N–C) groups is 1. The normalized spacial score (nSPS) is 43.4. The van der Waals surface area contributed by atoms with Gasteiger partial charge in [0.15, 0.2) is 0 Å². The van der Waals surface area contributed by atoms with E-state index >= 15 is 0 Å². The van der Waals surface area contributed by atoms with Gasteiger partial charge in [0, 0.05) is 19.0 Å². The van der Waals surface area contributed by atoms with Crippen molar-refractivity contribution in [3.8, 4) is 0 Å². The summed E-state index contributed by atoms with van der Waals surface area (Å²) in [4.78, 5) is 4.94. The summed E-state index contributed by atoms with van der Waals surface area (Å²) in [5, 5.41) is 3.97. The van der Waals surface area contributed by atoms with Gasteiger partial charge in [0.1, 0.15) is 0 Å². The molecule has 0 aromatic rings. The second-order valence-corrected chi connectivity index (χ2v) is 8.30. The summed E-state index contributed by atoms with van der Waals surface area (Å²) in [6.45, 7) is 1.07. The van der Waals surface area contributed by atoms with Crippen LogP contribution in [0.4, 0.5) is 0 Å². The Balaban J connectivity index is 1.40. The number of hydrogen-bond donors (Lipinski definition) is 1. The molecule has 0 spiro atoms. The SMILES string of the molecule is C1CCCCC(NC2C3CC4CC(C3)CC2C4)=NCCC1. The van der Waals surface area contributed by atoms with Crippen LogP contribution in [0.15, 0.2) is 4.99 Å². The van der Waals surface area contributed by atoms with Crippen molar-refractivity contribution >= 4 is 5.84 Å². The smallest absolute Gasteiger partial charge is 0.0965 e. The predicted molar refractivity (Wildman–Crippen MR) is 88.6 cm³/mol. The molecule has 0 unspecified atom stereocenters. The predicted octanol–water partition coefficient (Wildman–Crippen LogP) is 4.54. The molecule has 4 bridgehead atoms. The molecule has 21 heavy (non-hydrogen) atoms. The van der Waals surface area contributed by atoms with E-state index in [0.29, 0.717) is 0 Å². The zero-order valence-electron chi connectivity index (χ0n) is 13.5. The van der Waals surface area contributed by atoms with Gasteiger partial charge in [-0.15, -0.1) is 0 Å². The third kappa shape index (κ3) is 3.14. The Bertz CT molecular complexity index is 359. The van der Waals surface area contributed by atoms with E-state index in [1.54, 1.807) is 6.42 Å². The first kappa shape index (κ1) is 14.1. The van der Waals surface area contributed by atoms with Crippen molar-refractivity contribution in [3.63, 3.8) is 0 Å². The Morgan fingerprint density at radius 3 is 2.05 bits per heavy atom. The molecule has 0 aromatic heterocycles. The van der Waals surface area contributed by atoms with Crippen molar-refractivity contribution in [2.24, 2.45) is 28.7 Å². The molecule has 1 heterocycles. The van der Waals surface area contributed by atoms with Crippen LogP contribution in [0.25, 0.3) is 0 Å². The molecule has 0 radical (unpaired) electrons. The van der Waals surface area contributed by atoms with Crippen molar-refractivity contribution in [3.05, 3.63) is 0 Å². The van der Waals surface area contributed by atoms with Crippen molar-refractivity contribution < 1.29 is 0 Å². The maximum atomic E-state index is 4.94. The Morgan fingerprint density at radius 2 is 1.33 bits per heavy atom. The minimum atomic E-state index is 0.777. The maximum absolute atomic E-state index is 4.94. The highest BCUT2D eigenvalue weighted by molar-refractivity contribution is 5.82. The van der Waals surface area contributed by atoms with E-state index in [1.807, 2.05) is 0 Å². The number of amidine groups is 1. The van der Waals surface area contributed by atoms with Gasteiger partial charge < -0.3 is 5.32 Å². The van der Waals surface area contributed by atoms with E-state index in [2.05, 4.69) is 5.32 Å². The highest BCUT2D eigenvalue weighted by Crippen LogP contribution is 2.53. The van der Waals surface area contributed by atoms with Crippen LogP contribution in [0, 0.1) is 23.7 Å². The van der Waals surface area contributed by atoms with Crippen LogP contribution < -0.4 is 5.32 Å². The largest absolute Gasteiger partial charge is 0.371 e. The van der Waals surface area contributed by atoms with Crippen LogP contribution in [-0.2, 0) is 0 Å². The molecule has 4 fully saturated rings. The van der Waals surface area contributed by atoms with Gasteiger partial charge in [-0.05, 0) is 68.6 Å². The third-order valence-corrected chi connectivity index (χ3v) is 6.68. The lowest BCUT2D eigenvalue weighted by molar-refractivity contribution is -0.00709. The Morgan fingerprint density at radius 1 is 0.714 bits per heavy atom. The molecule has 0 saturated heterocycles. The van der Waals surface area contributed by atoms with E-state index < -0.39 is 0 Å². The molecule has 2 heteroatoms. The van der Waals surface area contributed by atoms with E-state index in [9.17, 15) is 0 Å². The average Bonchev–Trinajstić information content (AvgIpc) is 2.48. The number of rotatable bonds is 1. The van der Waals surface area contributed by atoms with Gasteiger partial charge in [-0.2, -0.15) is 0 Å². The number of hydrogen-bond acceptors (Lipinski definition) is 2. The zero-order chi connectivity index (χ0) is 14.1. The van der Waals surface area contributed by atoms with E-state index in [-0.39, 0.29) is 0 Å². The van der Waals surface area contributed by atoms with Crippen LogP contribution in [0.3, 0.4) is 0 Å². The quantitative estimate of drug-likeness (QED) is 0.752. The van der Waals surface area contributed by atoms with Crippen LogP contribution in [0.1, 0.15) is 77.0 Å². The fraction of sp³-hybridized carbons (Fsp3) is 0.947. The topological polar surface area (TPSA) is 24.4 Å². The molecule has 118 valence electrons. The summed E-state index contributed by atoms with van der Waals surface area (Å²) in [5.41, 5.74) is 0. The molecule has 0 amide bonds. The lowest BCUT2D eigenvalue weighted by Crippen LogP contribution is -2.55. The van der Waals surface area contributed by atoms with Crippen LogP contribution in [0.5, 0.6) is 0 Å². The van der Waals surface area contributed by atoms with Gasteiger partial charge in [-0.25, -0.2) is 0 Å². The standard InChI is InChI=1S/C19H32N2/c1-2-4-6-8-20-18(7-5-3-1)21-19-16-10-14-9-15(12-16)13-17(19)11-14/h14-17,19H,1-13H2,(H,20,21). The van der Waals surface area contributed by atoms with E-state index in [0.717, 1.165) is 36.3 Å². The van der Waals surface area contributed by atoms with Crippen LogP contribution in [0.2, 0.25) is 0 Å². The monoisotopic (exact) mass is 288 g/mol. The third-order valence-electron chi connectivity index (χ3n) is 6.68. The van der Waals surface area contributed by atoms with Crippen molar-refractivity contribution in [1.29, 1.82) is 0 Å². The van der Waals surface area contributed by atoms with E-state index in [1.165, 1.54) is 76.5 Å². The fourth-order valence-corrected chi connectivity index (χ4v) is 5.88. The molecule has 1 aliphatic heterocycles. The van der Waals surface area contributed by atoms with Crippen molar-refractivity contribution in [2.75, 3.05) is 6.54 Å². The Kier molecular flexibility index (Phi) is 4.23. The van der Waals surface area contributed by atoms with Crippen molar-refractivity contribution in [2.45, 2.75) is 83.1 Å². The summed E-state index contributed by atoms with van der Waals surface area (Å²) in [5.74, 6) is 5.47. The summed E-state index contributed by atoms with van der Waals surface area (Å²) in [7, 11) is 0. The minimum absolute atomic E-state index is 0.777. The molecule has 1 N–H and O–H groups in total. The van der Waals surface area contributed by atoms with Gasteiger partial charge in [0.2, 0.25) is 0 Å². The second kappa shape index (κ2) is 6.30. The Labute approximate surface area is 130 Å². The maximum Gasteiger partial charge on any atom is 0.0965 e. The van der Waals surface area contributed by atoms with Gasteiger partial charge in [-0.1, -0.05) is 25.7 Å². The zero-order valence-corrected chi connectivity index (χ0v) is 13.5. The molecule has 0 atom stereocenters. The molecule has 4 aliphatic carbocycles. The molecular formula is C19H32N2. The number of nitrogens with zero attached hydrogens (tertiary/aromatic N) is 1. The lowest BCUT2D eigenvalue weighted by Gasteiger charge is -2.54. The summed E-state index contributed by atoms with van der Waals surface area (Å²) in [6.07, 6.45) is 17.1. The second-order valence-electron chi connectivity index (χ2n) is 8.30. The number of nitrogens with one attached hydrogen (secondary N) is 1. The molecule has 4 saturated carbocycles. The van der Waals surface area contributed by atoms with Gasteiger partial charge in [0.25, 0.3) is 0 Å². The first-order valence-corrected chi connectivity index (χ1v) is 9.68. The summed E-state index contributed by atoms with van der Waals surface area (Å²) in [6, 6.07) is 0.777. The minimum Gasteiger partial charge on any atom is -0.371 e. The molecule has 5 rings (SSSR count). The summed E-state index contributed by atoms with van der Waals surface area (Å²) < 4.78 is 0. The summed E-state index contributed by atoms with van der Waals surface area (Å²) >= 11 is 0. The van der Waals surface area contributed by atoms with Crippen molar-refractivity contribution in [1.82, 2.24) is 5.32 Å². The van der Waals surface area contributed by atoms with Crippen LogP contribution >= 0.6 is 0 Å².